The van der Waals surface area contributed by atoms with Crippen molar-refractivity contribution in [3.8, 4) is 5.75 Å². The van der Waals surface area contributed by atoms with Gasteiger partial charge in [0.2, 0.25) is 5.95 Å². The van der Waals surface area contributed by atoms with Crippen molar-refractivity contribution in [2.24, 2.45) is 0 Å². The highest BCUT2D eigenvalue weighted by atomic mass is 79.9. The molecule has 1 aromatic heterocycles. The lowest BCUT2D eigenvalue weighted by molar-refractivity contribution is -0.115. The van der Waals surface area contributed by atoms with Crippen LogP contribution >= 0.6 is 15.9 Å². The Morgan fingerprint density at radius 2 is 1.75 bits per heavy atom. The van der Waals surface area contributed by atoms with Gasteiger partial charge in [-0.15, -0.1) is 0 Å². The maximum Gasteiger partial charge on any atom is 0.405 e. The molecule has 11 heteroatoms. The zero-order valence-electron chi connectivity index (χ0n) is 16.7. The van der Waals surface area contributed by atoms with Gasteiger partial charge in [0.25, 0.3) is 0 Å². The lowest BCUT2D eigenvalue weighted by atomic mass is 10.1. The molecule has 2 aromatic carbocycles. The number of fused-ring (bicyclic) bond motifs is 1. The molecule has 0 unspecified atom stereocenters. The SMILES string of the molecule is COc1ccc(N2Cc3cnc(NCC(F)(F)F)nc3N(c3ccc(Br)cc3)C2=O)cc1. The molecule has 3 aromatic rings. The standard InChI is InChI=1S/C21H17BrF3N5O2/c1-32-17-8-6-15(7-9-17)29-11-13-10-26-19(27-12-21(23,24)25)28-18(13)30(20(29)31)16-4-2-14(22)3-5-16/h2-10H,11-12H2,1H3,(H,26,27,28). The predicted octanol–water partition coefficient (Wildman–Crippen LogP) is 5.50. The van der Waals surface area contributed by atoms with Crippen LogP contribution in [0.5, 0.6) is 5.75 Å². The third-order valence-corrected chi connectivity index (χ3v) is 5.25. The summed E-state index contributed by atoms with van der Waals surface area (Å²) in [6.07, 6.45) is -3.00. The summed E-state index contributed by atoms with van der Waals surface area (Å²) in [5.74, 6) is 0.655. The summed E-state index contributed by atoms with van der Waals surface area (Å²) in [5, 5.41) is 2.17. The Morgan fingerprint density at radius 1 is 1.09 bits per heavy atom. The summed E-state index contributed by atoms with van der Waals surface area (Å²) in [6.45, 7) is -1.12. The normalized spacial score (nSPS) is 13.7. The van der Waals surface area contributed by atoms with Gasteiger partial charge in [-0.1, -0.05) is 15.9 Å². The molecule has 2 amide bonds. The number of urea groups is 1. The van der Waals surface area contributed by atoms with Crippen molar-refractivity contribution in [2.75, 3.05) is 28.8 Å². The van der Waals surface area contributed by atoms with Crippen LogP contribution in [0.15, 0.2) is 59.2 Å². The summed E-state index contributed by atoms with van der Waals surface area (Å²) < 4.78 is 43.8. The van der Waals surface area contributed by atoms with Crippen LogP contribution in [0.2, 0.25) is 0 Å². The van der Waals surface area contributed by atoms with Crippen LogP contribution in [-0.2, 0) is 6.54 Å². The minimum Gasteiger partial charge on any atom is -0.497 e. The molecule has 0 saturated carbocycles. The number of alkyl halides is 3. The number of hydrogen-bond acceptors (Lipinski definition) is 5. The van der Waals surface area contributed by atoms with Crippen molar-refractivity contribution < 1.29 is 22.7 Å². The molecule has 1 aliphatic rings. The Kier molecular flexibility index (Phi) is 5.92. The molecule has 0 saturated heterocycles. The van der Waals surface area contributed by atoms with Crippen LogP contribution < -0.4 is 19.9 Å². The number of hydrogen-bond donors (Lipinski definition) is 1. The van der Waals surface area contributed by atoms with Crippen LogP contribution in [0.3, 0.4) is 0 Å². The van der Waals surface area contributed by atoms with Crippen molar-refractivity contribution in [1.29, 1.82) is 0 Å². The molecule has 0 bridgehead atoms. The molecule has 4 rings (SSSR count). The van der Waals surface area contributed by atoms with E-state index in [2.05, 4.69) is 31.2 Å². The van der Waals surface area contributed by atoms with Crippen LogP contribution in [0.4, 0.5) is 41.1 Å². The number of aromatic nitrogens is 2. The number of methoxy groups -OCH3 is 1. The molecule has 0 fully saturated rings. The highest BCUT2D eigenvalue weighted by Crippen LogP contribution is 2.36. The molecule has 0 aliphatic carbocycles. The lowest BCUT2D eigenvalue weighted by Crippen LogP contribution is -2.45. The number of rotatable bonds is 5. The number of amides is 2. The Morgan fingerprint density at radius 3 is 2.38 bits per heavy atom. The van der Waals surface area contributed by atoms with Crippen molar-refractivity contribution in [3.05, 3.63) is 64.8 Å². The van der Waals surface area contributed by atoms with Gasteiger partial charge in [0, 0.05) is 21.9 Å². The van der Waals surface area contributed by atoms with Crippen LogP contribution in [0, 0.1) is 0 Å². The molecule has 0 spiro atoms. The van der Waals surface area contributed by atoms with Gasteiger partial charge in [0.15, 0.2) is 5.82 Å². The molecule has 1 aliphatic heterocycles. The molecular formula is C21H17BrF3N5O2. The van der Waals surface area contributed by atoms with E-state index in [1.54, 1.807) is 55.6 Å². The van der Waals surface area contributed by atoms with E-state index in [1.807, 2.05) is 0 Å². The minimum absolute atomic E-state index is 0.160. The smallest absolute Gasteiger partial charge is 0.405 e. The number of carbonyl (C=O) groups is 1. The fourth-order valence-corrected chi connectivity index (χ4v) is 3.47. The van der Waals surface area contributed by atoms with Crippen molar-refractivity contribution in [3.63, 3.8) is 0 Å². The summed E-state index contributed by atoms with van der Waals surface area (Å²) >= 11 is 3.36. The average Bonchev–Trinajstić information content (AvgIpc) is 2.78. The predicted molar refractivity (Wildman–Crippen MR) is 117 cm³/mol. The molecule has 2 heterocycles. The van der Waals surface area contributed by atoms with E-state index in [-0.39, 0.29) is 18.3 Å². The van der Waals surface area contributed by atoms with E-state index >= 15 is 0 Å². The molecule has 0 radical (unpaired) electrons. The summed E-state index contributed by atoms with van der Waals surface area (Å²) in [6, 6.07) is 13.5. The topological polar surface area (TPSA) is 70.6 Å². The van der Waals surface area contributed by atoms with Gasteiger partial charge in [-0.2, -0.15) is 18.2 Å². The molecule has 1 N–H and O–H groups in total. The number of nitrogens with zero attached hydrogens (tertiary/aromatic N) is 4. The fourth-order valence-electron chi connectivity index (χ4n) is 3.20. The number of anilines is 4. The zero-order valence-corrected chi connectivity index (χ0v) is 18.3. The highest BCUT2D eigenvalue weighted by Gasteiger charge is 2.35. The van der Waals surface area contributed by atoms with Gasteiger partial charge in [-0.25, -0.2) is 14.7 Å². The van der Waals surface area contributed by atoms with Gasteiger partial charge in [-0.3, -0.25) is 4.90 Å². The Balaban J connectivity index is 1.75. The van der Waals surface area contributed by atoms with Crippen molar-refractivity contribution >= 4 is 45.1 Å². The largest absolute Gasteiger partial charge is 0.497 e. The number of ether oxygens (including phenoxy) is 1. The number of nitrogens with one attached hydrogen (secondary N) is 1. The maximum absolute atomic E-state index is 13.5. The summed E-state index contributed by atoms with van der Waals surface area (Å²) in [5.41, 5.74) is 1.72. The van der Waals surface area contributed by atoms with E-state index in [0.717, 1.165) is 4.47 Å². The summed E-state index contributed by atoms with van der Waals surface area (Å²) in [7, 11) is 1.55. The summed E-state index contributed by atoms with van der Waals surface area (Å²) in [4.78, 5) is 24.6. The molecule has 0 atom stereocenters. The van der Waals surface area contributed by atoms with Crippen molar-refractivity contribution in [2.45, 2.75) is 12.7 Å². The molecule has 7 nitrogen and oxygen atoms in total. The Hall–Kier alpha value is -3.34. The van der Waals surface area contributed by atoms with E-state index < -0.39 is 18.8 Å². The van der Waals surface area contributed by atoms with E-state index in [4.69, 9.17) is 4.74 Å². The molecule has 166 valence electrons. The first-order chi connectivity index (χ1) is 15.2. The minimum atomic E-state index is -4.42. The van der Waals surface area contributed by atoms with E-state index in [0.29, 0.717) is 22.7 Å². The quantitative estimate of drug-likeness (QED) is 0.493. The van der Waals surface area contributed by atoms with Gasteiger partial charge in [-0.05, 0) is 48.5 Å². The first-order valence-electron chi connectivity index (χ1n) is 9.43. The lowest BCUT2D eigenvalue weighted by Gasteiger charge is -2.36. The molecule has 32 heavy (non-hydrogen) atoms. The Labute approximate surface area is 190 Å². The first kappa shape index (κ1) is 21.9. The monoisotopic (exact) mass is 507 g/mol. The van der Waals surface area contributed by atoms with Gasteiger partial charge >= 0.3 is 12.2 Å². The first-order valence-corrected chi connectivity index (χ1v) is 10.2. The number of halogens is 4. The highest BCUT2D eigenvalue weighted by molar-refractivity contribution is 9.10. The third kappa shape index (κ3) is 4.62. The second kappa shape index (κ2) is 8.65. The second-order valence-corrected chi connectivity index (χ2v) is 7.81. The van der Waals surface area contributed by atoms with Gasteiger partial charge < -0.3 is 10.1 Å². The van der Waals surface area contributed by atoms with Gasteiger partial charge in [0.05, 0.1) is 19.3 Å². The van der Waals surface area contributed by atoms with Crippen molar-refractivity contribution in [1.82, 2.24) is 9.97 Å². The number of benzene rings is 2. The fraction of sp³-hybridized carbons (Fsp3) is 0.190. The third-order valence-electron chi connectivity index (χ3n) is 4.72. The van der Waals surface area contributed by atoms with Crippen LogP contribution in [0.25, 0.3) is 0 Å². The number of carbonyl (C=O) groups excluding carboxylic acids is 1. The average molecular weight is 508 g/mol. The molecular weight excluding hydrogens is 491 g/mol. The zero-order chi connectivity index (χ0) is 22.9. The van der Waals surface area contributed by atoms with E-state index in [1.165, 1.54) is 16.0 Å². The Bertz CT molecular complexity index is 1120. The maximum atomic E-state index is 13.5. The van der Waals surface area contributed by atoms with Gasteiger partial charge in [0.1, 0.15) is 12.3 Å². The van der Waals surface area contributed by atoms with E-state index in [9.17, 15) is 18.0 Å². The second-order valence-electron chi connectivity index (χ2n) is 6.89. The van der Waals surface area contributed by atoms with Crippen LogP contribution in [0.1, 0.15) is 5.56 Å². The van der Waals surface area contributed by atoms with Crippen LogP contribution in [-0.4, -0.2) is 35.8 Å².